The molecular weight excluding hydrogens is 227 g/mol. The first-order valence-corrected chi connectivity index (χ1v) is 4.32. The molecule has 0 aromatic heterocycles. The molecule has 1 amide bonds. The topological polar surface area (TPSA) is 61.7 Å². The molecule has 2 N–H and O–H groups in total. The van der Waals surface area contributed by atoms with Crippen molar-refractivity contribution in [3.8, 4) is 0 Å². The van der Waals surface area contributed by atoms with Crippen LogP contribution in [0.5, 0.6) is 0 Å². The number of benzene rings is 1. The number of nitrogens with zero attached hydrogens (tertiary/aromatic N) is 1. The highest BCUT2D eigenvalue weighted by molar-refractivity contribution is 6.38. The van der Waals surface area contributed by atoms with E-state index in [-0.39, 0.29) is 0 Å². The number of anilines is 1. The van der Waals surface area contributed by atoms with Crippen LogP contribution in [-0.2, 0) is 4.79 Å². The number of nitrogens with one attached hydrogen (secondary N) is 1. The molecule has 0 aliphatic heterocycles. The minimum atomic E-state index is -0.586. The number of halogens is 2. The summed E-state index contributed by atoms with van der Waals surface area (Å²) in [6, 6.07) is 4.64. The Balaban J connectivity index is 2.85. The van der Waals surface area contributed by atoms with Crippen LogP contribution in [0.2, 0.25) is 10.0 Å². The minimum absolute atomic E-state index is 0.356. The highest BCUT2D eigenvalue weighted by Crippen LogP contribution is 2.24. The predicted octanol–water partition coefficient (Wildman–Crippen LogP) is 2.39. The van der Waals surface area contributed by atoms with Crippen molar-refractivity contribution in [2.24, 2.45) is 5.16 Å². The smallest absolute Gasteiger partial charge is 0.270 e. The van der Waals surface area contributed by atoms with Gasteiger partial charge in [-0.1, -0.05) is 28.4 Å². The van der Waals surface area contributed by atoms with Gasteiger partial charge in [-0.3, -0.25) is 4.79 Å². The van der Waals surface area contributed by atoms with Gasteiger partial charge in [-0.15, -0.1) is 0 Å². The quantitative estimate of drug-likeness (QED) is 0.468. The predicted molar refractivity (Wildman–Crippen MR) is 55.4 cm³/mol. The van der Waals surface area contributed by atoms with Crippen molar-refractivity contribution in [1.29, 1.82) is 0 Å². The van der Waals surface area contributed by atoms with Crippen molar-refractivity contribution in [1.82, 2.24) is 0 Å². The molecule has 0 radical (unpaired) electrons. The fraction of sp³-hybridized carbons (Fsp3) is 0. The van der Waals surface area contributed by atoms with Crippen LogP contribution in [0.4, 0.5) is 5.69 Å². The summed E-state index contributed by atoms with van der Waals surface area (Å²) >= 11 is 11.4. The molecular formula is C8H6Cl2N2O2. The van der Waals surface area contributed by atoms with Gasteiger partial charge >= 0.3 is 0 Å². The first-order chi connectivity index (χ1) is 6.63. The summed E-state index contributed by atoms with van der Waals surface area (Å²) < 4.78 is 0. The maximum Gasteiger partial charge on any atom is 0.270 e. The Morgan fingerprint density at radius 3 is 2.86 bits per heavy atom. The summed E-state index contributed by atoms with van der Waals surface area (Å²) in [6.07, 6.45) is 0.719. The largest absolute Gasteiger partial charge is 0.411 e. The lowest BCUT2D eigenvalue weighted by molar-refractivity contribution is -0.110. The summed E-state index contributed by atoms with van der Waals surface area (Å²) in [6.45, 7) is 0. The third kappa shape index (κ3) is 2.90. The van der Waals surface area contributed by atoms with Gasteiger partial charge in [0.05, 0.1) is 10.7 Å². The van der Waals surface area contributed by atoms with E-state index >= 15 is 0 Å². The molecule has 6 heteroatoms. The summed E-state index contributed by atoms with van der Waals surface area (Å²) in [5.74, 6) is -0.586. The Labute approximate surface area is 90.1 Å². The zero-order valence-corrected chi connectivity index (χ0v) is 8.38. The monoisotopic (exact) mass is 232 g/mol. The lowest BCUT2D eigenvalue weighted by Crippen LogP contribution is -2.12. The molecule has 0 saturated carbocycles. The zero-order valence-electron chi connectivity index (χ0n) is 6.87. The molecule has 1 rings (SSSR count). The second-order valence-electron chi connectivity index (χ2n) is 2.36. The lowest BCUT2D eigenvalue weighted by Gasteiger charge is -2.04. The average molecular weight is 233 g/mol. The van der Waals surface area contributed by atoms with E-state index in [0.717, 1.165) is 6.21 Å². The van der Waals surface area contributed by atoms with Crippen LogP contribution in [0, 0.1) is 0 Å². The molecule has 0 spiro atoms. The summed E-state index contributed by atoms with van der Waals surface area (Å²) in [5, 5.41) is 13.9. The molecule has 1 aromatic carbocycles. The van der Waals surface area contributed by atoms with Gasteiger partial charge in [0, 0.05) is 5.02 Å². The molecule has 4 nitrogen and oxygen atoms in total. The number of carbonyl (C=O) groups is 1. The molecule has 0 unspecified atom stereocenters. The number of amides is 1. The van der Waals surface area contributed by atoms with Crippen LogP contribution in [0.1, 0.15) is 0 Å². The third-order valence-corrected chi connectivity index (χ3v) is 1.93. The van der Waals surface area contributed by atoms with E-state index in [1.807, 2.05) is 0 Å². The van der Waals surface area contributed by atoms with Gasteiger partial charge in [-0.05, 0) is 18.2 Å². The minimum Gasteiger partial charge on any atom is -0.411 e. The van der Waals surface area contributed by atoms with E-state index < -0.39 is 5.91 Å². The third-order valence-electron chi connectivity index (χ3n) is 1.36. The van der Waals surface area contributed by atoms with Gasteiger partial charge in [0.15, 0.2) is 0 Å². The van der Waals surface area contributed by atoms with Crippen LogP contribution in [0.3, 0.4) is 0 Å². The average Bonchev–Trinajstić information content (AvgIpc) is 2.12. The van der Waals surface area contributed by atoms with Crippen LogP contribution >= 0.6 is 23.2 Å². The number of hydrogen-bond donors (Lipinski definition) is 2. The standard InChI is InChI=1S/C8H6Cl2N2O2/c9-5-1-2-6(10)7(3-5)12-8(13)4-11-14/h1-4,14H,(H,12,13)/b11-4-. The molecule has 0 heterocycles. The summed E-state index contributed by atoms with van der Waals surface area (Å²) in [4.78, 5) is 11.0. The molecule has 0 atom stereocenters. The van der Waals surface area contributed by atoms with Gasteiger partial charge in [0.2, 0.25) is 0 Å². The highest BCUT2D eigenvalue weighted by atomic mass is 35.5. The van der Waals surface area contributed by atoms with Crippen molar-refractivity contribution in [3.05, 3.63) is 28.2 Å². The van der Waals surface area contributed by atoms with Gasteiger partial charge in [0.1, 0.15) is 6.21 Å². The molecule has 14 heavy (non-hydrogen) atoms. The van der Waals surface area contributed by atoms with E-state index in [0.29, 0.717) is 15.7 Å². The number of rotatable bonds is 2. The fourth-order valence-corrected chi connectivity index (χ4v) is 1.15. The Morgan fingerprint density at radius 1 is 1.50 bits per heavy atom. The zero-order chi connectivity index (χ0) is 10.6. The van der Waals surface area contributed by atoms with Gasteiger partial charge < -0.3 is 10.5 Å². The molecule has 0 aliphatic rings. The summed E-state index contributed by atoms with van der Waals surface area (Å²) in [5.41, 5.74) is 0.365. The number of oxime groups is 1. The molecule has 74 valence electrons. The molecule has 1 aromatic rings. The van der Waals surface area contributed by atoms with Crippen LogP contribution in [0.15, 0.2) is 23.4 Å². The van der Waals surface area contributed by atoms with Crippen molar-refractivity contribution in [2.75, 3.05) is 5.32 Å². The van der Waals surface area contributed by atoms with Crippen LogP contribution in [-0.4, -0.2) is 17.3 Å². The first kappa shape index (κ1) is 10.8. The summed E-state index contributed by atoms with van der Waals surface area (Å²) in [7, 11) is 0. The van der Waals surface area contributed by atoms with Gasteiger partial charge in [-0.25, -0.2) is 0 Å². The second-order valence-corrected chi connectivity index (χ2v) is 3.20. The maximum absolute atomic E-state index is 11.0. The molecule has 0 aliphatic carbocycles. The Morgan fingerprint density at radius 2 is 2.21 bits per heavy atom. The van der Waals surface area contributed by atoms with Crippen molar-refractivity contribution in [3.63, 3.8) is 0 Å². The molecule has 0 fully saturated rings. The van der Waals surface area contributed by atoms with E-state index in [1.54, 1.807) is 12.1 Å². The Hall–Kier alpha value is -1.26. The maximum atomic E-state index is 11.0. The first-order valence-electron chi connectivity index (χ1n) is 3.57. The van der Waals surface area contributed by atoms with Crippen LogP contribution < -0.4 is 5.32 Å². The Bertz CT molecular complexity index is 380. The van der Waals surface area contributed by atoms with Gasteiger partial charge in [-0.2, -0.15) is 0 Å². The van der Waals surface area contributed by atoms with E-state index in [4.69, 9.17) is 28.4 Å². The normalized spacial score (nSPS) is 10.4. The van der Waals surface area contributed by atoms with Crippen molar-refractivity contribution >= 4 is 41.0 Å². The number of hydrogen-bond acceptors (Lipinski definition) is 3. The Kier molecular flexibility index (Phi) is 3.73. The SMILES string of the molecule is O=C(/C=N\O)Nc1cc(Cl)ccc1Cl. The lowest BCUT2D eigenvalue weighted by atomic mass is 10.3. The second kappa shape index (κ2) is 4.83. The number of carbonyl (C=O) groups excluding carboxylic acids is 1. The van der Waals surface area contributed by atoms with Crippen molar-refractivity contribution < 1.29 is 10.0 Å². The fourth-order valence-electron chi connectivity index (χ4n) is 0.811. The highest BCUT2D eigenvalue weighted by Gasteiger charge is 2.04. The van der Waals surface area contributed by atoms with Gasteiger partial charge in [0.25, 0.3) is 5.91 Å². The van der Waals surface area contributed by atoms with E-state index in [9.17, 15) is 4.79 Å². The van der Waals surface area contributed by atoms with Crippen molar-refractivity contribution in [2.45, 2.75) is 0 Å². The van der Waals surface area contributed by atoms with E-state index in [2.05, 4.69) is 10.5 Å². The molecule has 0 saturated heterocycles. The van der Waals surface area contributed by atoms with Crippen LogP contribution in [0.25, 0.3) is 0 Å². The van der Waals surface area contributed by atoms with E-state index in [1.165, 1.54) is 6.07 Å². The molecule has 0 bridgehead atoms.